The number of aliphatic imine (C=N–C) groups is 1. The topological polar surface area (TPSA) is 41.6 Å². The van der Waals surface area contributed by atoms with E-state index in [1.165, 1.54) is 51.4 Å². The van der Waals surface area contributed by atoms with Crippen LogP contribution in [0.25, 0.3) is 0 Å². The smallest absolute Gasteiger partial charge is 0.191 e. The van der Waals surface area contributed by atoms with Crippen LogP contribution >= 0.6 is 0 Å². The van der Waals surface area contributed by atoms with E-state index < -0.39 is 0 Å². The Balaban J connectivity index is 1.89. The highest BCUT2D eigenvalue weighted by Gasteiger charge is 2.30. The van der Waals surface area contributed by atoms with E-state index in [1.54, 1.807) is 0 Å². The van der Waals surface area contributed by atoms with Crippen molar-refractivity contribution in [1.82, 2.24) is 4.90 Å². The maximum atomic E-state index is 6.16. The summed E-state index contributed by atoms with van der Waals surface area (Å²) in [4.78, 5) is 7.06. The first-order valence-corrected chi connectivity index (χ1v) is 6.91. The monoisotopic (exact) mass is 223 g/mol. The van der Waals surface area contributed by atoms with E-state index in [2.05, 4.69) is 11.8 Å². The van der Waals surface area contributed by atoms with Gasteiger partial charge in [-0.05, 0) is 32.1 Å². The summed E-state index contributed by atoms with van der Waals surface area (Å²) in [7, 11) is 0. The number of nitrogens with zero attached hydrogens (tertiary/aromatic N) is 2. The molecule has 0 aromatic carbocycles. The number of hydrogen-bond acceptors (Lipinski definition) is 1. The average molecular weight is 223 g/mol. The van der Waals surface area contributed by atoms with Crippen LogP contribution in [-0.2, 0) is 0 Å². The Bertz CT molecular complexity index is 240. The SMILES string of the molecule is CCCCN(C(N)=NC1CCCC1)C1CC1. The molecule has 0 aliphatic heterocycles. The van der Waals surface area contributed by atoms with Crippen molar-refractivity contribution in [3.63, 3.8) is 0 Å². The van der Waals surface area contributed by atoms with Crippen LogP contribution in [0.1, 0.15) is 58.3 Å². The van der Waals surface area contributed by atoms with Crippen LogP contribution in [0.2, 0.25) is 0 Å². The summed E-state index contributed by atoms with van der Waals surface area (Å²) in [6.07, 6.45) is 10.2. The Morgan fingerprint density at radius 1 is 1.25 bits per heavy atom. The molecule has 0 bridgehead atoms. The molecule has 2 saturated carbocycles. The average Bonchev–Trinajstić information content (AvgIpc) is 2.98. The van der Waals surface area contributed by atoms with Crippen molar-refractivity contribution in [3.05, 3.63) is 0 Å². The Kier molecular flexibility index (Phi) is 4.08. The predicted octanol–water partition coefficient (Wildman–Crippen LogP) is 2.51. The Hall–Kier alpha value is -0.730. The van der Waals surface area contributed by atoms with Gasteiger partial charge in [-0.15, -0.1) is 0 Å². The molecular weight excluding hydrogens is 198 g/mol. The fraction of sp³-hybridized carbons (Fsp3) is 0.923. The van der Waals surface area contributed by atoms with Gasteiger partial charge in [-0.1, -0.05) is 26.2 Å². The quantitative estimate of drug-likeness (QED) is 0.575. The van der Waals surface area contributed by atoms with Crippen molar-refractivity contribution in [3.8, 4) is 0 Å². The molecule has 0 heterocycles. The lowest BCUT2D eigenvalue weighted by Crippen LogP contribution is -2.40. The van der Waals surface area contributed by atoms with Crippen molar-refractivity contribution < 1.29 is 0 Å². The van der Waals surface area contributed by atoms with Gasteiger partial charge in [0.15, 0.2) is 5.96 Å². The third kappa shape index (κ3) is 3.13. The lowest BCUT2D eigenvalue weighted by atomic mass is 10.3. The molecule has 0 aromatic heterocycles. The summed E-state index contributed by atoms with van der Waals surface area (Å²) in [5, 5.41) is 0. The predicted molar refractivity (Wildman–Crippen MR) is 68.5 cm³/mol. The first-order valence-electron chi connectivity index (χ1n) is 6.91. The number of hydrogen-bond donors (Lipinski definition) is 1. The fourth-order valence-electron chi connectivity index (χ4n) is 2.49. The van der Waals surface area contributed by atoms with E-state index >= 15 is 0 Å². The van der Waals surface area contributed by atoms with Gasteiger partial charge in [0, 0.05) is 12.6 Å². The lowest BCUT2D eigenvalue weighted by Gasteiger charge is -2.24. The number of rotatable bonds is 5. The van der Waals surface area contributed by atoms with Crippen LogP contribution in [0, 0.1) is 0 Å². The van der Waals surface area contributed by atoms with Gasteiger partial charge in [0.05, 0.1) is 6.04 Å². The first kappa shape index (κ1) is 11.7. The van der Waals surface area contributed by atoms with Gasteiger partial charge in [-0.25, -0.2) is 4.99 Å². The summed E-state index contributed by atoms with van der Waals surface area (Å²) in [6.45, 7) is 3.33. The Morgan fingerprint density at radius 3 is 2.50 bits per heavy atom. The molecule has 3 nitrogen and oxygen atoms in total. The summed E-state index contributed by atoms with van der Waals surface area (Å²) in [6, 6.07) is 1.22. The van der Waals surface area contributed by atoms with Crippen LogP contribution in [0.3, 0.4) is 0 Å². The van der Waals surface area contributed by atoms with Crippen molar-refractivity contribution in [2.45, 2.75) is 70.4 Å². The van der Waals surface area contributed by atoms with Crippen LogP contribution < -0.4 is 5.73 Å². The second kappa shape index (κ2) is 5.55. The number of nitrogens with two attached hydrogens (primary N) is 1. The van der Waals surface area contributed by atoms with Gasteiger partial charge in [0.1, 0.15) is 0 Å². The van der Waals surface area contributed by atoms with Crippen molar-refractivity contribution in [2.75, 3.05) is 6.54 Å². The second-order valence-electron chi connectivity index (χ2n) is 5.20. The van der Waals surface area contributed by atoms with Gasteiger partial charge >= 0.3 is 0 Å². The van der Waals surface area contributed by atoms with Crippen LogP contribution in [0.4, 0.5) is 0 Å². The molecule has 0 amide bonds. The largest absolute Gasteiger partial charge is 0.370 e. The van der Waals surface area contributed by atoms with E-state index in [9.17, 15) is 0 Å². The minimum Gasteiger partial charge on any atom is -0.370 e. The molecule has 0 spiro atoms. The van der Waals surface area contributed by atoms with E-state index in [-0.39, 0.29) is 0 Å². The normalized spacial score (nSPS) is 22.7. The third-order valence-electron chi connectivity index (χ3n) is 3.67. The van der Waals surface area contributed by atoms with Crippen molar-refractivity contribution >= 4 is 5.96 Å². The minimum absolute atomic E-state index is 0.517. The highest BCUT2D eigenvalue weighted by Crippen LogP contribution is 2.28. The van der Waals surface area contributed by atoms with Gasteiger partial charge in [0.25, 0.3) is 0 Å². The van der Waals surface area contributed by atoms with Gasteiger partial charge in [-0.3, -0.25) is 0 Å². The molecule has 0 atom stereocenters. The maximum Gasteiger partial charge on any atom is 0.191 e. The van der Waals surface area contributed by atoms with Gasteiger partial charge in [0.2, 0.25) is 0 Å². The molecule has 2 rings (SSSR count). The lowest BCUT2D eigenvalue weighted by molar-refractivity contribution is 0.391. The molecular formula is C13H25N3. The van der Waals surface area contributed by atoms with Gasteiger partial charge in [-0.2, -0.15) is 0 Å². The Labute approximate surface area is 99.1 Å². The molecule has 2 fully saturated rings. The highest BCUT2D eigenvalue weighted by atomic mass is 15.3. The van der Waals surface area contributed by atoms with Crippen LogP contribution in [-0.4, -0.2) is 29.5 Å². The summed E-state index contributed by atoms with van der Waals surface area (Å²) in [5.41, 5.74) is 6.16. The second-order valence-corrected chi connectivity index (χ2v) is 5.20. The number of guanidine groups is 1. The van der Waals surface area contributed by atoms with Crippen LogP contribution in [0.5, 0.6) is 0 Å². The summed E-state index contributed by atoms with van der Waals surface area (Å²) >= 11 is 0. The maximum absolute atomic E-state index is 6.16. The van der Waals surface area contributed by atoms with E-state index in [0.717, 1.165) is 12.5 Å². The Morgan fingerprint density at radius 2 is 1.94 bits per heavy atom. The van der Waals surface area contributed by atoms with Crippen molar-refractivity contribution in [2.24, 2.45) is 10.7 Å². The van der Waals surface area contributed by atoms with E-state index in [1.807, 2.05) is 0 Å². The standard InChI is InChI=1S/C13H25N3/c1-2-3-10-16(12-8-9-12)13(14)15-11-6-4-5-7-11/h11-12H,2-10H2,1H3,(H2,14,15). The highest BCUT2D eigenvalue weighted by molar-refractivity contribution is 5.79. The van der Waals surface area contributed by atoms with Gasteiger partial charge < -0.3 is 10.6 Å². The first-order chi connectivity index (χ1) is 7.81. The third-order valence-corrected chi connectivity index (χ3v) is 3.67. The zero-order valence-electron chi connectivity index (χ0n) is 10.5. The molecule has 2 aliphatic carbocycles. The molecule has 16 heavy (non-hydrogen) atoms. The zero-order chi connectivity index (χ0) is 11.4. The molecule has 2 N–H and O–H groups in total. The summed E-state index contributed by atoms with van der Waals surface area (Å²) in [5.74, 6) is 0.822. The minimum atomic E-state index is 0.517. The fourth-order valence-corrected chi connectivity index (χ4v) is 2.49. The summed E-state index contributed by atoms with van der Waals surface area (Å²) < 4.78 is 0. The molecule has 0 saturated heterocycles. The van der Waals surface area contributed by atoms with Crippen molar-refractivity contribution in [1.29, 1.82) is 0 Å². The molecule has 0 aromatic rings. The van der Waals surface area contributed by atoms with E-state index in [0.29, 0.717) is 12.1 Å². The molecule has 0 radical (unpaired) electrons. The molecule has 92 valence electrons. The molecule has 0 unspecified atom stereocenters. The zero-order valence-corrected chi connectivity index (χ0v) is 10.5. The van der Waals surface area contributed by atoms with E-state index in [4.69, 9.17) is 10.7 Å². The molecule has 2 aliphatic rings. The number of unbranched alkanes of at least 4 members (excludes halogenated alkanes) is 1. The van der Waals surface area contributed by atoms with Crippen LogP contribution in [0.15, 0.2) is 4.99 Å². The molecule has 3 heteroatoms.